The fourth-order valence-electron chi connectivity index (χ4n) is 4.30. The third-order valence-corrected chi connectivity index (χ3v) is 5.54. The van der Waals surface area contributed by atoms with Gasteiger partial charge >= 0.3 is 0 Å². The van der Waals surface area contributed by atoms with Crippen LogP contribution in [0.4, 0.5) is 17.1 Å². The summed E-state index contributed by atoms with van der Waals surface area (Å²) in [4.78, 5) is 22.6. The minimum Gasteiger partial charge on any atom is -0.481 e. The van der Waals surface area contributed by atoms with Crippen molar-refractivity contribution in [3.05, 3.63) is 22.2 Å². The van der Waals surface area contributed by atoms with E-state index in [0.29, 0.717) is 23.7 Å². The quantitative estimate of drug-likeness (QED) is 0.633. The molecular weight excluding hydrogens is 338 g/mol. The van der Waals surface area contributed by atoms with Crippen LogP contribution in [0, 0.1) is 10.1 Å². The molecule has 0 radical (unpaired) electrons. The van der Waals surface area contributed by atoms with Gasteiger partial charge in [0.15, 0.2) is 12.4 Å². The van der Waals surface area contributed by atoms with Crippen molar-refractivity contribution >= 4 is 23.0 Å². The first kappa shape index (κ1) is 17.1. The van der Waals surface area contributed by atoms with Crippen molar-refractivity contribution in [2.24, 2.45) is 0 Å². The molecule has 26 heavy (non-hydrogen) atoms. The summed E-state index contributed by atoms with van der Waals surface area (Å²) < 4.78 is 11.4. The first-order chi connectivity index (χ1) is 12.5. The number of hydrogen-bond donors (Lipinski definition) is 2. The number of fused-ring (bicyclic) bond motifs is 1. The molecule has 1 spiro atoms. The summed E-state index contributed by atoms with van der Waals surface area (Å²) in [5, 5.41) is 17.6. The molecule has 3 aliphatic rings. The van der Waals surface area contributed by atoms with E-state index < -0.39 is 4.92 Å². The van der Waals surface area contributed by atoms with Crippen molar-refractivity contribution in [2.75, 3.05) is 23.8 Å². The Morgan fingerprint density at radius 1 is 1.27 bits per heavy atom. The molecule has 1 amide bonds. The van der Waals surface area contributed by atoms with E-state index in [1.807, 2.05) is 0 Å². The van der Waals surface area contributed by atoms with Crippen LogP contribution in [-0.4, -0.2) is 35.7 Å². The number of carbonyl (C=O) groups is 1. The summed E-state index contributed by atoms with van der Waals surface area (Å²) in [6, 6.07) is 3.10. The molecule has 140 valence electrons. The lowest BCUT2D eigenvalue weighted by Crippen LogP contribution is -2.45. The van der Waals surface area contributed by atoms with Gasteiger partial charge in [-0.25, -0.2) is 0 Å². The molecule has 2 N–H and O–H groups in total. The molecule has 2 heterocycles. The van der Waals surface area contributed by atoms with Crippen molar-refractivity contribution in [3.8, 4) is 5.75 Å². The lowest BCUT2D eigenvalue weighted by atomic mass is 9.78. The van der Waals surface area contributed by atoms with Gasteiger partial charge in [0.05, 0.1) is 22.3 Å². The highest BCUT2D eigenvalue weighted by Crippen LogP contribution is 2.42. The van der Waals surface area contributed by atoms with Crippen LogP contribution in [0.5, 0.6) is 5.75 Å². The molecule has 8 nitrogen and oxygen atoms in total. The number of ether oxygens (including phenoxy) is 2. The summed E-state index contributed by atoms with van der Waals surface area (Å²) in [6.07, 6.45) is 7.37. The maximum absolute atomic E-state index is 11.5. The second-order valence-electron chi connectivity index (χ2n) is 7.39. The summed E-state index contributed by atoms with van der Waals surface area (Å²) in [5.74, 6) is 0.0714. The smallest absolute Gasteiger partial charge is 0.296 e. The maximum Gasteiger partial charge on any atom is 0.296 e. The fraction of sp³-hybridized carbons (Fsp3) is 0.611. The molecular formula is C18H23N3O5. The van der Waals surface area contributed by atoms with Crippen LogP contribution in [0.15, 0.2) is 12.1 Å². The number of carbonyl (C=O) groups excluding carboxylic acids is 1. The van der Waals surface area contributed by atoms with E-state index in [1.165, 1.54) is 25.3 Å². The molecule has 1 aliphatic carbocycles. The van der Waals surface area contributed by atoms with Gasteiger partial charge in [0.1, 0.15) is 5.69 Å². The molecule has 0 aromatic heterocycles. The van der Waals surface area contributed by atoms with Crippen molar-refractivity contribution in [3.63, 3.8) is 0 Å². The molecule has 1 unspecified atom stereocenters. The van der Waals surface area contributed by atoms with E-state index >= 15 is 0 Å². The number of nitrogens with zero attached hydrogens (tertiary/aromatic N) is 1. The zero-order chi connectivity index (χ0) is 18.1. The minimum atomic E-state index is -0.419. The van der Waals surface area contributed by atoms with Gasteiger partial charge in [-0.05, 0) is 31.7 Å². The van der Waals surface area contributed by atoms with Crippen LogP contribution in [0.25, 0.3) is 0 Å². The molecule has 2 fully saturated rings. The number of nitrogens with one attached hydrogen (secondary N) is 2. The van der Waals surface area contributed by atoms with E-state index in [9.17, 15) is 14.9 Å². The normalized spacial score (nSPS) is 24.3. The number of amides is 1. The van der Waals surface area contributed by atoms with Crippen molar-refractivity contribution in [2.45, 2.75) is 56.6 Å². The van der Waals surface area contributed by atoms with E-state index in [0.717, 1.165) is 25.7 Å². The summed E-state index contributed by atoms with van der Waals surface area (Å²) in [5.41, 5.74) is 0.754. The highest BCUT2D eigenvalue weighted by Gasteiger charge is 2.39. The monoisotopic (exact) mass is 361 g/mol. The van der Waals surface area contributed by atoms with Gasteiger partial charge in [0.25, 0.3) is 11.6 Å². The highest BCUT2D eigenvalue weighted by molar-refractivity contribution is 5.96. The van der Waals surface area contributed by atoms with Crippen LogP contribution in [0.1, 0.15) is 44.9 Å². The maximum atomic E-state index is 11.5. The van der Waals surface area contributed by atoms with Gasteiger partial charge in [-0.1, -0.05) is 19.3 Å². The van der Waals surface area contributed by atoms with Crippen LogP contribution in [-0.2, 0) is 9.53 Å². The van der Waals surface area contributed by atoms with Gasteiger partial charge in [0, 0.05) is 12.6 Å². The molecule has 2 aliphatic heterocycles. The number of hydrogen-bond acceptors (Lipinski definition) is 6. The van der Waals surface area contributed by atoms with Crippen molar-refractivity contribution < 1.29 is 19.2 Å². The van der Waals surface area contributed by atoms with E-state index in [-0.39, 0.29) is 29.8 Å². The van der Waals surface area contributed by atoms with Crippen LogP contribution in [0.3, 0.4) is 0 Å². The summed E-state index contributed by atoms with van der Waals surface area (Å²) >= 11 is 0. The standard InChI is InChI=1S/C18H23N3O5/c22-17-11-25-16-9-15(21(23)24)13(8-14(16)20-17)19-12-4-7-26-18(10-12)5-2-1-3-6-18/h8-9,12,19H,1-7,10-11H2,(H,20,22). The number of nitro groups is 1. The Labute approximate surface area is 151 Å². The number of rotatable bonds is 3. The Morgan fingerprint density at radius 2 is 2.08 bits per heavy atom. The number of nitro benzene ring substituents is 1. The van der Waals surface area contributed by atoms with Gasteiger partial charge in [-0.3, -0.25) is 14.9 Å². The predicted octanol–water partition coefficient (Wildman–Crippen LogP) is 3.22. The van der Waals surface area contributed by atoms with Crippen molar-refractivity contribution in [1.29, 1.82) is 0 Å². The summed E-state index contributed by atoms with van der Waals surface area (Å²) in [6.45, 7) is 0.537. The van der Waals surface area contributed by atoms with E-state index in [4.69, 9.17) is 9.47 Å². The van der Waals surface area contributed by atoms with Gasteiger partial charge in [-0.2, -0.15) is 0 Å². The molecule has 1 saturated heterocycles. The van der Waals surface area contributed by atoms with Crippen LogP contribution < -0.4 is 15.4 Å². The first-order valence-electron chi connectivity index (χ1n) is 9.20. The zero-order valence-electron chi connectivity index (χ0n) is 14.6. The molecule has 1 saturated carbocycles. The van der Waals surface area contributed by atoms with Crippen LogP contribution in [0.2, 0.25) is 0 Å². The second kappa shape index (κ2) is 6.75. The predicted molar refractivity (Wildman–Crippen MR) is 95.6 cm³/mol. The van der Waals surface area contributed by atoms with E-state index in [1.54, 1.807) is 6.07 Å². The SMILES string of the molecule is O=C1COc2cc([N+](=O)[O-])c(NC3CCOC4(CCCCC4)C3)cc2N1. The topological polar surface area (TPSA) is 103 Å². The Bertz CT molecular complexity index is 724. The molecule has 1 aromatic carbocycles. The second-order valence-corrected chi connectivity index (χ2v) is 7.39. The van der Waals surface area contributed by atoms with Crippen molar-refractivity contribution in [1.82, 2.24) is 0 Å². The molecule has 1 aromatic rings. The lowest BCUT2D eigenvalue weighted by molar-refractivity contribution is -0.384. The van der Waals surface area contributed by atoms with Crippen LogP contribution >= 0.6 is 0 Å². The third kappa shape index (κ3) is 3.33. The Kier molecular flexibility index (Phi) is 4.44. The molecule has 0 bridgehead atoms. The average molecular weight is 361 g/mol. The largest absolute Gasteiger partial charge is 0.481 e. The third-order valence-electron chi connectivity index (χ3n) is 5.54. The zero-order valence-corrected chi connectivity index (χ0v) is 14.6. The molecule has 4 rings (SSSR count). The van der Waals surface area contributed by atoms with Gasteiger partial charge in [0.2, 0.25) is 0 Å². The Balaban J connectivity index is 1.57. The molecule has 1 atom stereocenters. The highest BCUT2D eigenvalue weighted by atomic mass is 16.6. The first-order valence-corrected chi connectivity index (χ1v) is 9.20. The Hall–Kier alpha value is -2.35. The number of benzene rings is 1. The fourth-order valence-corrected chi connectivity index (χ4v) is 4.30. The van der Waals surface area contributed by atoms with E-state index in [2.05, 4.69) is 10.6 Å². The minimum absolute atomic E-state index is 0.0379. The Morgan fingerprint density at radius 3 is 2.85 bits per heavy atom. The van der Waals surface area contributed by atoms with Gasteiger partial charge in [-0.15, -0.1) is 0 Å². The lowest BCUT2D eigenvalue weighted by Gasteiger charge is -2.43. The average Bonchev–Trinajstić information content (AvgIpc) is 2.61. The van der Waals surface area contributed by atoms with Gasteiger partial charge < -0.3 is 20.1 Å². The summed E-state index contributed by atoms with van der Waals surface area (Å²) in [7, 11) is 0. The molecule has 8 heteroatoms. The number of anilines is 2.